The smallest absolute Gasteiger partial charge is 0.119 e. The minimum Gasteiger partial charge on any atom is -0.494 e. The van der Waals surface area contributed by atoms with Gasteiger partial charge in [0, 0.05) is 31.7 Å². The highest BCUT2D eigenvalue weighted by Gasteiger charge is 2.25. The number of nitrogens with two attached hydrogens (primary N) is 1. The maximum atomic E-state index is 5.79. The summed E-state index contributed by atoms with van der Waals surface area (Å²) in [6.07, 6.45) is 1.01. The van der Waals surface area contributed by atoms with Crippen molar-refractivity contribution in [3.63, 3.8) is 0 Å². The van der Waals surface area contributed by atoms with Crippen LogP contribution in [0.4, 0.5) is 0 Å². The molecule has 21 heavy (non-hydrogen) atoms. The lowest BCUT2D eigenvalue weighted by atomic mass is 9.97. The number of hydrazine groups is 1. The van der Waals surface area contributed by atoms with Crippen molar-refractivity contribution in [1.29, 1.82) is 0 Å². The largest absolute Gasteiger partial charge is 0.494 e. The van der Waals surface area contributed by atoms with E-state index in [0.717, 1.165) is 31.8 Å². The fraction of sp³-hybridized carbons (Fsp3) is 0.625. The average Bonchev–Trinajstić information content (AvgIpc) is 2.49. The number of hydrogen-bond acceptors (Lipinski definition) is 5. The summed E-state index contributed by atoms with van der Waals surface area (Å²) < 4.78 is 5.49. The first kappa shape index (κ1) is 16.2. The molecular weight excluding hydrogens is 264 g/mol. The van der Waals surface area contributed by atoms with Gasteiger partial charge in [-0.05, 0) is 45.1 Å². The molecule has 1 aliphatic heterocycles. The van der Waals surface area contributed by atoms with Gasteiger partial charge in [0.15, 0.2) is 0 Å². The van der Waals surface area contributed by atoms with Gasteiger partial charge in [-0.15, -0.1) is 0 Å². The number of likely N-dealkylation sites (N-methyl/N-ethyl adjacent to an activating group) is 2. The summed E-state index contributed by atoms with van der Waals surface area (Å²) in [5.41, 5.74) is 4.18. The standard InChI is InChI=1S/C16H28N4O/c1-4-21-15-7-5-13(6-8-15)16(18-17)11-14-12-19(2)9-10-20(14)3/h5-8,14,16,18H,4,9-12,17H2,1-3H3. The maximum Gasteiger partial charge on any atom is 0.119 e. The normalized spacial score (nSPS) is 22.2. The molecular formula is C16H28N4O. The van der Waals surface area contributed by atoms with Crippen molar-refractivity contribution in [2.45, 2.75) is 25.4 Å². The highest BCUT2D eigenvalue weighted by atomic mass is 16.5. The molecule has 2 rings (SSSR count). The molecule has 3 N–H and O–H groups in total. The van der Waals surface area contributed by atoms with Crippen molar-refractivity contribution < 1.29 is 4.74 Å². The monoisotopic (exact) mass is 292 g/mol. The molecule has 1 heterocycles. The predicted octanol–water partition coefficient (Wildman–Crippen LogP) is 1.23. The molecule has 1 saturated heterocycles. The van der Waals surface area contributed by atoms with Crippen LogP contribution in [-0.4, -0.2) is 56.2 Å². The molecule has 1 aliphatic rings. The number of piperazine rings is 1. The lowest BCUT2D eigenvalue weighted by Gasteiger charge is -2.39. The second-order valence-corrected chi connectivity index (χ2v) is 5.85. The molecule has 1 fully saturated rings. The Labute approximate surface area is 128 Å². The van der Waals surface area contributed by atoms with Gasteiger partial charge in [-0.2, -0.15) is 0 Å². The number of nitrogens with zero attached hydrogens (tertiary/aromatic N) is 2. The van der Waals surface area contributed by atoms with Crippen molar-refractivity contribution in [2.24, 2.45) is 5.84 Å². The SMILES string of the molecule is CCOc1ccc(C(CC2CN(C)CCN2C)NN)cc1. The molecule has 2 atom stereocenters. The Morgan fingerprint density at radius 1 is 1.29 bits per heavy atom. The third-order valence-corrected chi connectivity index (χ3v) is 4.28. The molecule has 118 valence electrons. The van der Waals surface area contributed by atoms with Crippen molar-refractivity contribution in [3.05, 3.63) is 29.8 Å². The summed E-state index contributed by atoms with van der Waals surface area (Å²) in [7, 11) is 4.38. The molecule has 0 bridgehead atoms. The van der Waals surface area contributed by atoms with Gasteiger partial charge < -0.3 is 14.5 Å². The summed E-state index contributed by atoms with van der Waals surface area (Å²) in [5.74, 6) is 6.69. The van der Waals surface area contributed by atoms with E-state index in [4.69, 9.17) is 10.6 Å². The number of rotatable bonds is 6. The Hall–Kier alpha value is -1.14. The molecule has 0 radical (unpaired) electrons. The number of hydrogen-bond donors (Lipinski definition) is 2. The minimum atomic E-state index is 0.166. The van der Waals surface area contributed by atoms with E-state index >= 15 is 0 Å². The fourth-order valence-electron chi connectivity index (χ4n) is 2.89. The second-order valence-electron chi connectivity index (χ2n) is 5.85. The highest BCUT2D eigenvalue weighted by molar-refractivity contribution is 5.29. The van der Waals surface area contributed by atoms with E-state index in [0.29, 0.717) is 12.6 Å². The van der Waals surface area contributed by atoms with Gasteiger partial charge in [-0.3, -0.25) is 11.3 Å². The summed E-state index contributed by atoms with van der Waals surface area (Å²) in [5, 5.41) is 0. The predicted molar refractivity (Wildman–Crippen MR) is 86.2 cm³/mol. The van der Waals surface area contributed by atoms with Crippen LogP contribution in [0.25, 0.3) is 0 Å². The molecule has 5 heteroatoms. The first-order chi connectivity index (χ1) is 10.1. The van der Waals surface area contributed by atoms with Crippen LogP contribution in [0, 0.1) is 0 Å². The molecule has 1 aromatic carbocycles. The fourth-order valence-corrected chi connectivity index (χ4v) is 2.89. The quantitative estimate of drug-likeness (QED) is 0.610. The third-order valence-electron chi connectivity index (χ3n) is 4.28. The zero-order valence-electron chi connectivity index (χ0n) is 13.4. The Kier molecular flexibility index (Phi) is 5.99. The van der Waals surface area contributed by atoms with E-state index in [1.807, 2.05) is 19.1 Å². The summed E-state index contributed by atoms with van der Waals surface area (Å²) in [4.78, 5) is 4.81. The van der Waals surface area contributed by atoms with Crippen molar-refractivity contribution in [2.75, 3.05) is 40.3 Å². The molecule has 0 amide bonds. The van der Waals surface area contributed by atoms with Gasteiger partial charge >= 0.3 is 0 Å². The van der Waals surface area contributed by atoms with E-state index in [9.17, 15) is 0 Å². The van der Waals surface area contributed by atoms with Crippen molar-refractivity contribution in [1.82, 2.24) is 15.2 Å². The molecule has 0 saturated carbocycles. The van der Waals surface area contributed by atoms with Crippen LogP contribution in [0.2, 0.25) is 0 Å². The lowest BCUT2D eigenvalue weighted by molar-refractivity contribution is 0.101. The third kappa shape index (κ3) is 4.41. The Morgan fingerprint density at radius 2 is 2.00 bits per heavy atom. The van der Waals surface area contributed by atoms with Crippen molar-refractivity contribution in [3.8, 4) is 5.75 Å². The van der Waals surface area contributed by atoms with Gasteiger partial charge in [-0.1, -0.05) is 12.1 Å². The van der Waals surface area contributed by atoms with E-state index in [1.165, 1.54) is 5.56 Å². The first-order valence-corrected chi connectivity index (χ1v) is 7.71. The molecule has 0 aliphatic carbocycles. The van der Waals surface area contributed by atoms with Crippen LogP contribution >= 0.6 is 0 Å². The molecule has 0 spiro atoms. The van der Waals surface area contributed by atoms with Gasteiger partial charge in [0.05, 0.1) is 6.61 Å². The second kappa shape index (κ2) is 7.75. The number of benzene rings is 1. The Bertz CT molecular complexity index is 423. The molecule has 5 nitrogen and oxygen atoms in total. The molecule has 1 aromatic rings. The minimum absolute atomic E-state index is 0.166. The van der Waals surface area contributed by atoms with Gasteiger partial charge in [0.25, 0.3) is 0 Å². The Balaban J connectivity index is 2.01. The van der Waals surface area contributed by atoms with Crippen molar-refractivity contribution >= 4 is 0 Å². The van der Waals surface area contributed by atoms with Crippen LogP contribution in [0.5, 0.6) is 5.75 Å². The number of nitrogens with one attached hydrogen (secondary N) is 1. The summed E-state index contributed by atoms with van der Waals surface area (Å²) in [6, 6.07) is 8.92. The maximum absolute atomic E-state index is 5.79. The van der Waals surface area contributed by atoms with E-state index in [1.54, 1.807) is 0 Å². The number of ether oxygens (including phenoxy) is 1. The van der Waals surface area contributed by atoms with Gasteiger partial charge in [0.1, 0.15) is 5.75 Å². The highest BCUT2D eigenvalue weighted by Crippen LogP contribution is 2.23. The van der Waals surface area contributed by atoms with E-state index < -0.39 is 0 Å². The average molecular weight is 292 g/mol. The van der Waals surface area contributed by atoms with E-state index in [2.05, 4.69) is 41.5 Å². The lowest BCUT2D eigenvalue weighted by Crippen LogP contribution is -2.51. The van der Waals surface area contributed by atoms with E-state index in [-0.39, 0.29) is 6.04 Å². The summed E-state index contributed by atoms with van der Waals surface area (Å²) in [6.45, 7) is 6.02. The Morgan fingerprint density at radius 3 is 2.62 bits per heavy atom. The zero-order chi connectivity index (χ0) is 15.2. The van der Waals surface area contributed by atoms with Crippen LogP contribution in [0.1, 0.15) is 24.9 Å². The first-order valence-electron chi connectivity index (χ1n) is 7.71. The van der Waals surface area contributed by atoms with Gasteiger partial charge in [-0.25, -0.2) is 0 Å². The van der Waals surface area contributed by atoms with Crippen LogP contribution in [0.15, 0.2) is 24.3 Å². The molecule has 2 unspecified atom stereocenters. The van der Waals surface area contributed by atoms with Crippen LogP contribution in [0.3, 0.4) is 0 Å². The van der Waals surface area contributed by atoms with Crippen LogP contribution < -0.4 is 16.0 Å². The van der Waals surface area contributed by atoms with Crippen LogP contribution in [-0.2, 0) is 0 Å². The molecule has 0 aromatic heterocycles. The zero-order valence-corrected chi connectivity index (χ0v) is 13.4. The summed E-state index contributed by atoms with van der Waals surface area (Å²) >= 11 is 0. The topological polar surface area (TPSA) is 53.8 Å². The van der Waals surface area contributed by atoms with Gasteiger partial charge in [0.2, 0.25) is 0 Å².